The highest BCUT2D eigenvalue weighted by Gasteiger charge is 2.31. The van der Waals surface area contributed by atoms with E-state index in [1.807, 2.05) is 22.6 Å². The molecule has 2 amide bonds. The number of hydrogen-bond donors (Lipinski definition) is 1. The van der Waals surface area contributed by atoms with E-state index in [2.05, 4.69) is 25.0 Å². The summed E-state index contributed by atoms with van der Waals surface area (Å²) >= 11 is 1.89. The molecule has 2 aromatic rings. The number of sulfonamides is 1. The number of amides is 2. The van der Waals surface area contributed by atoms with Crippen LogP contribution in [0.4, 0.5) is 10.7 Å². The molecular weight excluding hydrogens is 505 g/mol. The number of hydrogen-bond acceptors (Lipinski definition) is 9. The average Bonchev–Trinajstić information content (AvgIpc) is 2.65. The lowest BCUT2D eigenvalue weighted by molar-refractivity contribution is 0.0596. The monoisotopic (exact) mass is 521 g/mol. The maximum absolute atomic E-state index is 12.9. The van der Waals surface area contributed by atoms with E-state index in [4.69, 9.17) is 4.74 Å². The van der Waals surface area contributed by atoms with Crippen molar-refractivity contribution in [3.05, 3.63) is 33.2 Å². The predicted molar refractivity (Wildman–Crippen MR) is 106 cm³/mol. The molecule has 150 valence electrons. The number of carbonyl (C=O) groups is 2. The first-order valence-electron chi connectivity index (χ1n) is 7.54. The van der Waals surface area contributed by atoms with Gasteiger partial charge in [0.05, 0.1) is 19.8 Å². The Kier molecular flexibility index (Phi) is 6.71. The number of rotatable bonds is 5. The molecule has 0 aliphatic carbocycles. The SMILES string of the molecule is COC(=O)c1ccc(I)cc1S(=O)(=O)N(C)C(=O)Nc1nc(C)nc(OC)n1. The fraction of sp³-hybridized carbons (Fsp3) is 0.267. The summed E-state index contributed by atoms with van der Waals surface area (Å²) in [5, 5.41) is 2.26. The maximum Gasteiger partial charge on any atom is 0.339 e. The molecule has 0 atom stereocenters. The van der Waals surface area contributed by atoms with E-state index in [0.29, 0.717) is 7.88 Å². The highest BCUT2D eigenvalue weighted by molar-refractivity contribution is 14.1. The number of ether oxygens (including phenoxy) is 2. The van der Waals surface area contributed by atoms with E-state index in [-0.39, 0.29) is 28.2 Å². The third-order valence-corrected chi connectivity index (χ3v) is 5.85. The van der Waals surface area contributed by atoms with Gasteiger partial charge in [0.2, 0.25) is 5.95 Å². The molecule has 1 aromatic carbocycles. The second kappa shape index (κ2) is 8.64. The Morgan fingerprint density at radius 3 is 2.46 bits per heavy atom. The van der Waals surface area contributed by atoms with Crippen LogP contribution in [0.3, 0.4) is 0 Å². The average molecular weight is 521 g/mol. The normalized spacial score (nSPS) is 10.9. The molecule has 2 rings (SSSR count). The van der Waals surface area contributed by atoms with Crippen molar-refractivity contribution in [2.45, 2.75) is 11.8 Å². The summed E-state index contributed by atoms with van der Waals surface area (Å²) in [5.74, 6) is -0.771. The molecule has 1 N–H and O–H groups in total. The minimum absolute atomic E-state index is 0.0427. The van der Waals surface area contributed by atoms with Crippen LogP contribution < -0.4 is 10.1 Å². The largest absolute Gasteiger partial charge is 0.467 e. The van der Waals surface area contributed by atoms with Crippen LogP contribution in [0.5, 0.6) is 6.01 Å². The number of aryl methyl sites for hydroxylation is 1. The predicted octanol–water partition coefficient (Wildman–Crippen LogP) is 1.43. The second-order valence-corrected chi connectivity index (χ2v) is 8.41. The molecule has 11 nitrogen and oxygen atoms in total. The van der Waals surface area contributed by atoms with Crippen molar-refractivity contribution in [3.63, 3.8) is 0 Å². The van der Waals surface area contributed by atoms with E-state index in [9.17, 15) is 18.0 Å². The van der Waals surface area contributed by atoms with Gasteiger partial charge < -0.3 is 9.47 Å². The van der Waals surface area contributed by atoms with Crippen molar-refractivity contribution in [3.8, 4) is 6.01 Å². The summed E-state index contributed by atoms with van der Waals surface area (Å²) in [6.45, 7) is 1.55. The van der Waals surface area contributed by atoms with Gasteiger partial charge in [0.15, 0.2) is 0 Å². The topological polar surface area (TPSA) is 141 Å². The lowest BCUT2D eigenvalue weighted by atomic mass is 10.2. The Bertz CT molecular complexity index is 1030. The Hall–Kier alpha value is -2.55. The standard InChI is InChI=1S/C15H16IN5O6S/c1-8-17-13(19-14(18-8)27-4)20-15(23)21(2)28(24,25)11-7-9(16)5-6-10(11)12(22)26-3/h5-7H,1-4H3,(H,17,18,19,20,23). The molecule has 0 spiro atoms. The molecule has 0 aliphatic rings. The van der Waals surface area contributed by atoms with Gasteiger partial charge in [-0.25, -0.2) is 22.3 Å². The highest BCUT2D eigenvalue weighted by atomic mass is 127. The highest BCUT2D eigenvalue weighted by Crippen LogP contribution is 2.23. The van der Waals surface area contributed by atoms with Crippen molar-refractivity contribution in [2.24, 2.45) is 0 Å². The number of halogens is 1. The molecule has 1 heterocycles. The molecule has 0 aliphatic heterocycles. The number of aromatic nitrogens is 3. The van der Waals surface area contributed by atoms with Gasteiger partial charge in [-0.3, -0.25) is 5.32 Å². The van der Waals surface area contributed by atoms with Crippen LogP contribution in [0.2, 0.25) is 0 Å². The minimum atomic E-state index is -4.38. The number of carbonyl (C=O) groups excluding carboxylic acids is 2. The summed E-state index contributed by atoms with van der Waals surface area (Å²) in [4.78, 5) is 35.6. The number of nitrogens with zero attached hydrogens (tertiary/aromatic N) is 4. The van der Waals surface area contributed by atoms with Gasteiger partial charge in [-0.2, -0.15) is 15.0 Å². The molecule has 0 fully saturated rings. The summed E-state index contributed by atoms with van der Waals surface area (Å²) in [6.07, 6.45) is 0. The first-order valence-corrected chi connectivity index (χ1v) is 10.1. The number of methoxy groups -OCH3 is 2. The molecule has 28 heavy (non-hydrogen) atoms. The number of nitrogens with one attached hydrogen (secondary N) is 1. The van der Waals surface area contributed by atoms with Crippen LogP contribution in [-0.4, -0.2) is 60.9 Å². The van der Waals surface area contributed by atoms with Crippen LogP contribution >= 0.6 is 22.6 Å². The Morgan fingerprint density at radius 2 is 1.86 bits per heavy atom. The van der Waals surface area contributed by atoms with E-state index in [1.54, 1.807) is 13.0 Å². The first-order chi connectivity index (χ1) is 13.1. The van der Waals surface area contributed by atoms with Crippen LogP contribution in [0, 0.1) is 10.5 Å². The van der Waals surface area contributed by atoms with E-state index in [1.165, 1.54) is 19.2 Å². The van der Waals surface area contributed by atoms with Gasteiger partial charge in [0, 0.05) is 10.6 Å². The Balaban J connectivity index is 2.39. The van der Waals surface area contributed by atoms with Gasteiger partial charge in [0.25, 0.3) is 10.0 Å². The van der Waals surface area contributed by atoms with Crippen molar-refractivity contribution in [2.75, 3.05) is 26.6 Å². The number of urea groups is 1. The quantitative estimate of drug-likeness (QED) is 0.457. The van der Waals surface area contributed by atoms with Crippen molar-refractivity contribution >= 4 is 50.6 Å². The minimum Gasteiger partial charge on any atom is -0.467 e. The van der Waals surface area contributed by atoms with E-state index in [0.717, 1.165) is 14.2 Å². The van der Waals surface area contributed by atoms with Gasteiger partial charge >= 0.3 is 18.0 Å². The molecule has 1 aromatic heterocycles. The van der Waals surface area contributed by atoms with Gasteiger partial charge in [-0.15, -0.1) is 0 Å². The fourth-order valence-corrected chi connectivity index (χ4v) is 3.99. The Morgan fingerprint density at radius 1 is 1.18 bits per heavy atom. The van der Waals surface area contributed by atoms with Crippen LogP contribution in [0.15, 0.2) is 23.1 Å². The van der Waals surface area contributed by atoms with E-state index < -0.39 is 22.0 Å². The molecule has 0 saturated carbocycles. The zero-order valence-electron chi connectivity index (χ0n) is 15.3. The van der Waals surface area contributed by atoms with Crippen molar-refractivity contribution in [1.82, 2.24) is 19.3 Å². The summed E-state index contributed by atoms with van der Waals surface area (Å²) in [6, 6.07) is 3.04. The number of anilines is 1. The molecule has 0 saturated heterocycles. The maximum atomic E-state index is 12.9. The molecule has 0 bridgehead atoms. The van der Waals surface area contributed by atoms with Crippen LogP contribution in [-0.2, 0) is 14.8 Å². The zero-order valence-corrected chi connectivity index (χ0v) is 18.2. The number of esters is 1. The molecule has 13 heteroatoms. The smallest absolute Gasteiger partial charge is 0.339 e. The third-order valence-electron chi connectivity index (χ3n) is 3.40. The van der Waals surface area contributed by atoms with Crippen molar-refractivity contribution < 1.29 is 27.5 Å². The third kappa shape index (κ3) is 4.64. The van der Waals surface area contributed by atoms with E-state index >= 15 is 0 Å². The summed E-state index contributed by atoms with van der Waals surface area (Å²) in [7, 11) is -0.876. The van der Waals surface area contributed by atoms with Gasteiger partial charge in [0.1, 0.15) is 10.7 Å². The fourth-order valence-electron chi connectivity index (χ4n) is 2.02. The molecule has 0 radical (unpaired) electrons. The lowest BCUT2D eigenvalue weighted by Crippen LogP contribution is -2.37. The summed E-state index contributed by atoms with van der Waals surface area (Å²) < 4.78 is 36.3. The van der Waals surface area contributed by atoms with Gasteiger partial charge in [-0.05, 0) is 47.7 Å². The van der Waals surface area contributed by atoms with Gasteiger partial charge in [-0.1, -0.05) is 0 Å². The van der Waals surface area contributed by atoms with Crippen LogP contribution in [0.25, 0.3) is 0 Å². The van der Waals surface area contributed by atoms with Crippen molar-refractivity contribution in [1.29, 1.82) is 0 Å². The van der Waals surface area contributed by atoms with Crippen LogP contribution in [0.1, 0.15) is 16.2 Å². The zero-order chi connectivity index (χ0) is 21.1. The Labute approximate surface area is 174 Å². The molecule has 0 unspecified atom stereocenters. The summed E-state index contributed by atoms with van der Waals surface area (Å²) in [5.41, 5.74) is -0.194. The number of benzene rings is 1. The molecular formula is C15H16IN5O6S. The first kappa shape index (κ1) is 21.7. The second-order valence-electron chi connectivity index (χ2n) is 5.23. The lowest BCUT2D eigenvalue weighted by Gasteiger charge is -2.19.